The number of ether oxygens (including phenoxy) is 2. The molecule has 9 heteroatoms. The molecule has 0 radical (unpaired) electrons. The average molecular weight is 416 g/mol. The van der Waals surface area contributed by atoms with E-state index in [1.165, 1.54) is 0 Å². The molecule has 0 aromatic rings. The number of hydrogen-bond acceptors (Lipinski definition) is 7. The molecule has 1 aliphatic heterocycles. The first-order valence-electron chi connectivity index (χ1n) is 8.72. The van der Waals surface area contributed by atoms with Crippen LogP contribution in [0.5, 0.6) is 0 Å². The quantitative estimate of drug-likeness (QED) is 0.300. The zero-order chi connectivity index (χ0) is 22.2. The molecule has 1 unspecified atom stereocenters. The van der Waals surface area contributed by atoms with Gasteiger partial charge in [0.05, 0.1) is 11.0 Å². The number of sulfone groups is 1. The molecule has 1 rings (SSSR count). The van der Waals surface area contributed by atoms with Crippen LogP contribution in [-0.4, -0.2) is 48.4 Å². The lowest BCUT2D eigenvalue weighted by Gasteiger charge is -2.42. The van der Waals surface area contributed by atoms with Gasteiger partial charge in [-0.25, -0.2) is 13.2 Å². The van der Waals surface area contributed by atoms with Gasteiger partial charge in [-0.2, -0.15) is 0 Å². The van der Waals surface area contributed by atoms with Crippen LogP contribution < -0.4 is 0 Å². The van der Waals surface area contributed by atoms with Gasteiger partial charge in [0.15, 0.2) is 15.2 Å². The Hall–Kier alpha value is -2.16. The molecule has 1 amide bonds. The van der Waals surface area contributed by atoms with Crippen molar-refractivity contribution >= 4 is 27.7 Å². The smallest absolute Gasteiger partial charge is 0.355 e. The number of β-lactam (4-membered cyclic amide) rings is 1. The van der Waals surface area contributed by atoms with E-state index in [0.29, 0.717) is 5.57 Å². The molecule has 0 saturated carbocycles. The Morgan fingerprint density at radius 2 is 1.57 bits per heavy atom. The Bertz CT molecular complexity index is 848. The fraction of sp³-hybridized carbons (Fsp3) is 0.632. The minimum atomic E-state index is -3.83. The van der Waals surface area contributed by atoms with E-state index in [1.54, 1.807) is 55.4 Å². The lowest BCUT2D eigenvalue weighted by atomic mass is 9.97. The van der Waals surface area contributed by atoms with Crippen LogP contribution in [0.3, 0.4) is 0 Å². The van der Waals surface area contributed by atoms with Crippen LogP contribution in [-0.2, 0) is 33.7 Å². The average Bonchev–Trinajstić information content (AvgIpc) is 2.43. The van der Waals surface area contributed by atoms with Crippen LogP contribution in [0.2, 0.25) is 0 Å². The Balaban J connectivity index is 3.34. The summed E-state index contributed by atoms with van der Waals surface area (Å²) in [6, 6.07) is 0. The molecule has 1 saturated heterocycles. The zero-order valence-electron chi connectivity index (χ0n) is 17.9. The van der Waals surface area contributed by atoms with Crippen molar-refractivity contribution in [3.8, 4) is 0 Å². The van der Waals surface area contributed by atoms with Crippen molar-refractivity contribution in [1.82, 2.24) is 4.90 Å². The van der Waals surface area contributed by atoms with Gasteiger partial charge in [0.2, 0.25) is 0 Å². The maximum atomic E-state index is 12.7. The van der Waals surface area contributed by atoms with E-state index in [0.717, 1.165) is 17.4 Å². The molecule has 1 fully saturated rings. The number of allylic oxidation sites excluding steroid dienone is 1. The monoisotopic (exact) mass is 415 g/mol. The standard InChI is InChI=1S/C19H29NO7S/c1-11(2)13(16(22)27-19(6,7)8)20-14(21)12(15(20)28(9,24)25)10-26-17(23)18(3,4)5/h10,15H,1-9H3/b12-10-. The summed E-state index contributed by atoms with van der Waals surface area (Å²) >= 11 is 0. The first-order valence-corrected chi connectivity index (χ1v) is 10.7. The van der Waals surface area contributed by atoms with E-state index < -0.39 is 44.1 Å². The van der Waals surface area contributed by atoms with Crippen LogP contribution in [0.15, 0.2) is 23.1 Å². The summed E-state index contributed by atoms with van der Waals surface area (Å²) in [6.45, 7) is 13.0. The van der Waals surface area contributed by atoms with E-state index in [9.17, 15) is 22.8 Å². The highest BCUT2D eigenvalue weighted by molar-refractivity contribution is 7.91. The Morgan fingerprint density at radius 1 is 1.07 bits per heavy atom. The zero-order valence-corrected chi connectivity index (χ0v) is 18.7. The van der Waals surface area contributed by atoms with Gasteiger partial charge in [-0.3, -0.25) is 14.5 Å². The van der Waals surface area contributed by atoms with Gasteiger partial charge in [0.1, 0.15) is 17.6 Å². The third-order valence-corrected chi connectivity index (χ3v) is 4.86. The van der Waals surface area contributed by atoms with Gasteiger partial charge in [0.25, 0.3) is 5.91 Å². The van der Waals surface area contributed by atoms with Gasteiger partial charge in [0, 0.05) is 6.26 Å². The highest BCUT2D eigenvalue weighted by Crippen LogP contribution is 2.36. The van der Waals surface area contributed by atoms with E-state index in [2.05, 4.69) is 0 Å². The van der Waals surface area contributed by atoms with Crippen LogP contribution in [0, 0.1) is 5.41 Å². The topological polar surface area (TPSA) is 107 Å². The molecular formula is C19H29NO7S. The molecule has 0 spiro atoms. The highest BCUT2D eigenvalue weighted by atomic mass is 32.2. The second-order valence-corrected chi connectivity index (χ2v) is 11.0. The summed E-state index contributed by atoms with van der Waals surface area (Å²) in [4.78, 5) is 38.0. The number of amides is 1. The van der Waals surface area contributed by atoms with Crippen LogP contribution >= 0.6 is 0 Å². The molecule has 158 valence electrons. The molecule has 1 aliphatic rings. The number of esters is 2. The summed E-state index contributed by atoms with van der Waals surface area (Å²) in [7, 11) is -3.83. The van der Waals surface area contributed by atoms with E-state index in [-0.39, 0.29) is 11.3 Å². The van der Waals surface area contributed by atoms with Gasteiger partial charge in [-0.05, 0) is 61.0 Å². The maximum absolute atomic E-state index is 12.7. The van der Waals surface area contributed by atoms with Gasteiger partial charge in [-0.15, -0.1) is 0 Å². The minimum Gasteiger partial charge on any atom is -0.455 e. The number of rotatable bonds is 4. The molecule has 8 nitrogen and oxygen atoms in total. The van der Waals surface area contributed by atoms with Gasteiger partial charge in [-0.1, -0.05) is 0 Å². The number of carbonyl (C=O) groups excluding carboxylic acids is 3. The predicted molar refractivity (Wildman–Crippen MR) is 103 cm³/mol. The van der Waals surface area contributed by atoms with E-state index in [4.69, 9.17) is 9.47 Å². The first-order chi connectivity index (χ1) is 12.4. The lowest BCUT2D eigenvalue weighted by molar-refractivity contribution is -0.155. The fourth-order valence-corrected chi connectivity index (χ4v) is 3.54. The van der Waals surface area contributed by atoms with Crippen molar-refractivity contribution in [2.45, 2.75) is 66.4 Å². The van der Waals surface area contributed by atoms with E-state index in [1.807, 2.05) is 0 Å². The largest absolute Gasteiger partial charge is 0.455 e. The van der Waals surface area contributed by atoms with Crippen molar-refractivity contribution in [3.63, 3.8) is 0 Å². The van der Waals surface area contributed by atoms with Gasteiger partial charge >= 0.3 is 11.9 Å². The van der Waals surface area contributed by atoms with E-state index >= 15 is 0 Å². The first kappa shape index (κ1) is 23.9. The van der Waals surface area contributed by atoms with Crippen molar-refractivity contribution < 1.29 is 32.3 Å². The third-order valence-electron chi connectivity index (χ3n) is 3.58. The summed E-state index contributed by atoms with van der Waals surface area (Å²) in [6.07, 6.45) is 1.80. The second-order valence-electron chi connectivity index (χ2n) is 8.94. The van der Waals surface area contributed by atoms with Crippen LogP contribution in [0.4, 0.5) is 0 Å². The summed E-state index contributed by atoms with van der Waals surface area (Å²) in [5.74, 6) is -2.16. The normalized spacial score (nSPS) is 19.2. The molecule has 1 atom stereocenters. The van der Waals surface area contributed by atoms with Crippen molar-refractivity contribution in [3.05, 3.63) is 23.1 Å². The van der Waals surface area contributed by atoms with Crippen molar-refractivity contribution in [1.29, 1.82) is 0 Å². The lowest BCUT2D eigenvalue weighted by Crippen LogP contribution is -2.59. The number of likely N-dealkylation sites (tertiary alicyclic amines) is 1. The number of hydrogen-bond donors (Lipinski definition) is 0. The molecule has 0 N–H and O–H groups in total. The highest BCUT2D eigenvalue weighted by Gasteiger charge is 2.53. The van der Waals surface area contributed by atoms with Crippen molar-refractivity contribution in [2.75, 3.05) is 6.26 Å². The Morgan fingerprint density at radius 3 is 1.93 bits per heavy atom. The summed E-state index contributed by atoms with van der Waals surface area (Å²) < 4.78 is 34.9. The predicted octanol–water partition coefficient (Wildman–Crippen LogP) is 2.31. The molecular weight excluding hydrogens is 386 g/mol. The molecule has 1 heterocycles. The van der Waals surface area contributed by atoms with Crippen molar-refractivity contribution in [2.24, 2.45) is 5.41 Å². The number of nitrogens with zero attached hydrogens (tertiary/aromatic N) is 1. The Labute approximate surface area is 166 Å². The molecule has 0 aromatic carbocycles. The number of carbonyl (C=O) groups is 3. The Kier molecular flexibility index (Phi) is 6.56. The van der Waals surface area contributed by atoms with Gasteiger partial charge < -0.3 is 9.47 Å². The summed E-state index contributed by atoms with van der Waals surface area (Å²) in [5.41, 5.74) is -1.60. The van der Waals surface area contributed by atoms with Crippen LogP contribution in [0.1, 0.15) is 55.4 Å². The second kappa shape index (κ2) is 7.69. The minimum absolute atomic E-state index is 0.144. The third kappa shape index (κ3) is 5.43. The SMILES string of the molecule is CC(C)=C(C(=O)OC(C)(C)C)N1C(=O)/C(=C/OC(=O)C(C)(C)C)C1S(C)(=O)=O. The molecule has 0 aliphatic carbocycles. The molecule has 0 bridgehead atoms. The molecule has 0 aromatic heterocycles. The fourth-order valence-electron chi connectivity index (χ4n) is 2.34. The molecule has 28 heavy (non-hydrogen) atoms. The maximum Gasteiger partial charge on any atom is 0.355 e. The summed E-state index contributed by atoms with van der Waals surface area (Å²) in [5, 5.41) is -1.44. The van der Waals surface area contributed by atoms with Crippen LogP contribution in [0.25, 0.3) is 0 Å².